The first-order valence-electron chi connectivity index (χ1n) is 8.39. The molecule has 1 N–H and O–H groups in total. The molecule has 0 aliphatic rings. The summed E-state index contributed by atoms with van der Waals surface area (Å²) in [5, 5.41) is 2.99. The number of rotatable bonds is 7. The summed E-state index contributed by atoms with van der Waals surface area (Å²) in [5.41, 5.74) is 1.99. The van der Waals surface area contributed by atoms with Crippen LogP contribution < -0.4 is 19.5 Å². The summed E-state index contributed by atoms with van der Waals surface area (Å²) in [6.45, 7) is 2.38. The third kappa shape index (κ3) is 4.25. The number of methoxy groups -OCH3 is 2. The van der Waals surface area contributed by atoms with Crippen LogP contribution in [0.5, 0.6) is 17.2 Å². The van der Waals surface area contributed by atoms with Gasteiger partial charge in [0.25, 0.3) is 0 Å². The summed E-state index contributed by atoms with van der Waals surface area (Å²) in [5.74, 6) is 1.65. The van der Waals surface area contributed by atoms with Gasteiger partial charge in [-0.3, -0.25) is 0 Å². The smallest absolute Gasteiger partial charge is 0.227 e. The van der Waals surface area contributed by atoms with E-state index in [0.29, 0.717) is 41.2 Å². The van der Waals surface area contributed by atoms with Crippen LogP contribution in [0.1, 0.15) is 6.92 Å². The SMILES string of the molecule is CCOc1c(OC)cc(-c2ccnc(Nc3cccc(F)c3)n2)cc1OC. The quantitative estimate of drug-likeness (QED) is 0.664. The minimum absolute atomic E-state index is 0.336. The van der Waals surface area contributed by atoms with Crippen molar-refractivity contribution in [2.75, 3.05) is 26.1 Å². The Labute approximate surface area is 157 Å². The maximum absolute atomic E-state index is 13.4. The van der Waals surface area contributed by atoms with Gasteiger partial charge in [-0.1, -0.05) is 6.07 Å². The normalized spacial score (nSPS) is 10.4. The minimum Gasteiger partial charge on any atom is -0.493 e. The molecule has 3 aromatic rings. The number of aromatic nitrogens is 2. The van der Waals surface area contributed by atoms with Crippen LogP contribution in [-0.4, -0.2) is 30.8 Å². The summed E-state index contributed by atoms with van der Waals surface area (Å²) >= 11 is 0. The fourth-order valence-corrected chi connectivity index (χ4v) is 2.59. The van der Waals surface area contributed by atoms with Gasteiger partial charge in [-0.15, -0.1) is 0 Å². The average Bonchev–Trinajstić information content (AvgIpc) is 2.68. The standard InChI is InChI=1S/C20H20FN3O3/c1-4-27-19-17(25-2)10-13(11-18(19)26-3)16-8-9-22-20(24-16)23-15-7-5-6-14(21)12-15/h5-12H,4H2,1-3H3,(H,22,23,24). The molecule has 0 unspecified atom stereocenters. The molecule has 3 rings (SSSR count). The molecule has 0 aliphatic heterocycles. The van der Waals surface area contributed by atoms with Gasteiger partial charge in [0.1, 0.15) is 5.82 Å². The minimum atomic E-state index is -0.336. The van der Waals surface area contributed by atoms with Gasteiger partial charge in [-0.25, -0.2) is 14.4 Å². The van der Waals surface area contributed by atoms with Crippen molar-refractivity contribution in [3.05, 3.63) is 54.5 Å². The number of hydrogen-bond acceptors (Lipinski definition) is 6. The van der Waals surface area contributed by atoms with Crippen molar-refractivity contribution < 1.29 is 18.6 Å². The second-order valence-electron chi connectivity index (χ2n) is 5.54. The molecule has 1 heterocycles. The molecule has 7 heteroatoms. The summed E-state index contributed by atoms with van der Waals surface area (Å²) in [6.07, 6.45) is 1.62. The van der Waals surface area contributed by atoms with Crippen molar-refractivity contribution in [3.63, 3.8) is 0 Å². The van der Waals surface area contributed by atoms with E-state index < -0.39 is 0 Å². The van der Waals surface area contributed by atoms with Crippen LogP contribution in [0, 0.1) is 5.82 Å². The number of benzene rings is 2. The molecule has 0 atom stereocenters. The molecule has 0 saturated carbocycles. The van der Waals surface area contributed by atoms with Crippen LogP contribution in [0.2, 0.25) is 0 Å². The molecule has 140 valence electrons. The molecule has 0 fully saturated rings. The Kier molecular flexibility index (Phi) is 5.71. The Morgan fingerprint density at radius 3 is 2.41 bits per heavy atom. The van der Waals surface area contributed by atoms with E-state index in [0.717, 1.165) is 5.56 Å². The van der Waals surface area contributed by atoms with Crippen molar-refractivity contribution in [3.8, 4) is 28.5 Å². The second-order valence-corrected chi connectivity index (χ2v) is 5.54. The zero-order chi connectivity index (χ0) is 19.2. The molecule has 0 aliphatic carbocycles. The van der Waals surface area contributed by atoms with E-state index in [-0.39, 0.29) is 5.82 Å². The molecule has 0 radical (unpaired) electrons. The van der Waals surface area contributed by atoms with Crippen molar-refractivity contribution in [1.29, 1.82) is 0 Å². The monoisotopic (exact) mass is 369 g/mol. The first-order chi connectivity index (χ1) is 13.1. The topological polar surface area (TPSA) is 65.5 Å². The van der Waals surface area contributed by atoms with Crippen molar-refractivity contribution >= 4 is 11.6 Å². The van der Waals surface area contributed by atoms with Crippen LogP contribution in [-0.2, 0) is 0 Å². The average molecular weight is 369 g/mol. The Morgan fingerprint density at radius 2 is 1.78 bits per heavy atom. The van der Waals surface area contributed by atoms with Gasteiger partial charge in [-0.2, -0.15) is 0 Å². The lowest BCUT2D eigenvalue weighted by Crippen LogP contribution is -2.01. The fraction of sp³-hybridized carbons (Fsp3) is 0.200. The zero-order valence-corrected chi connectivity index (χ0v) is 15.3. The number of hydrogen-bond donors (Lipinski definition) is 1. The van der Waals surface area contributed by atoms with E-state index in [1.165, 1.54) is 12.1 Å². The lowest BCUT2D eigenvalue weighted by molar-refractivity contribution is 0.288. The maximum atomic E-state index is 13.4. The van der Waals surface area contributed by atoms with Gasteiger partial charge >= 0.3 is 0 Å². The molecular weight excluding hydrogens is 349 g/mol. The van der Waals surface area contributed by atoms with Crippen LogP contribution in [0.4, 0.5) is 16.0 Å². The lowest BCUT2D eigenvalue weighted by atomic mass is 10.1. The molecule has 0 spiro atoms. The summed E-state index contributed by atoms with van der Waals surface area (Å²) in [6, 6.07) is 11.5. The van der Waals surface area contributed by atoms with Gasteiger partial charge < -0.3 is 19.5 Å². The summed E-state index contributed by atoms with van der Waals surface area (Å²) in [7, 11) is 3.13. The molecule has 27 heavy (non-hydrogen) atoms. The number of ether oxygens (including phenoxy) is 3. The van der Waals surface area contributed by atoms with E-state index in [2.05, 4.69) is 15.3 Å². The number of halogens is 1. The largest absolute Gasteiger partial charge is 0.493 e. The second kappa shape index (κ2) is 8.35. The molecule has 2 aromatic carbocycles. The van der Waals surface area contributed by atoms with E-state index in [1.54, 1.807) is 38.6 Å². The van der Waals surface area contributed by atoms with Gasteiger partial charge in [-0.05, 0) is 43.3 Å². The molecule has 0 bridgehead atoms. The van der Waals surface area contributed by atoms with E-state index >= 15 is 0 Å². The van der Waals surface area contributed by atoms with Crippen LogP contribution >= 0.6 is 0 Å². The Bertz CT molecular complexity index is 909. The van der Waals surface area contributed by atoms with Gasteiger partial charge in [0, 0.05) is 17.4 Å². The fourth-order valence-electron chi connectivity index (χ4n) is 2.59. The predicted molar refractivity (Wildman–Crippen MR) is 101 cm³/mol. The lowest BCUT2D eigenvalue weighted by Gasteiger charge is -2.15. The third-order valence-corrected chi connectivity index (χ3v) is 3.78. The number of nitrogens with one attached hydrogen (secondary N) is 1. The molecular formula is C20H20FN3O3. The van der Waals surface area contributed by atoms with Crippen molar-refractivity contribution in [2.45, 2.75) is 6.92 Å². The highest BCUT2D eigenvalue weighted by Gasteiger charge is 2.15. The van der Waals surface area contributed by atoms with Crippen LogP contribution in [0.15, 0.2) is 48.7 Å². The Balaban J connectivity index is 1.96. The van der Waals surface area contributed by atoms with E-state index in [1.807, 2.05) is 19.1 Å². The molecule has 0 amide bonds. The first kappa shape index (κ1) is 18.4. The molecule has 0 saturated heterocycles. The van der Waals surface area contributed by atoms with Gasteiger partial charge in [0.05, 0.1) is 26.5 Å². The third-order valence-electron chi connectivity index (χ3n) is 3.78. The Hall–Kier alpha value is -3.35. The molecule has 1 aromatic heterocycles. The highest BCUT2D eigenvalue weighted by atomic mass is 19.1. The van der Waals surface area contributed by atoms with Crippen LogP contribution in [0.25, 0.3) is 11.3 Å². The van der Waals surface area contributed by atoms with Crippen LogP contribution in [0.3, 0.4) is 0 Å². The van der Waals surface area contributed by atoms with E-state index in [9.17, 15) is 4.39 Å². The number of anilines is 2. The first-order valence-corrected chi connectivity index (χ1v) is 8.39. The summed E-state index contributed by atoms with van der Waals surface area (Å²) in [4.78, 5) is 8.69. The van der Waals surface area contributed by atoms with Gasteiger partial charge in [0.15, 0.2) is 11.5 Å². The summed E-state index contributed by atoms with van der Waals surface area (Å²) < 4.78 is 29.9. The van der Waals surface area contributed by atoms with Gasteiger partial charge in [0.2, 0.25) is 11.7 Å². The Morgan fingerprint density at radius 1 is 1.04 bits per heavy atom. The highest BCUT2D eigenvalue weighted by Crippen LogP contribution is 2.41. The maximum Gasteiger partial charge on any atom is 0.227 e. The number of nitrogens with zero attached hydrogens (tertiary/aromatic N) is 2. The predicted octanol–water partition coefficient (Wildman–Crippen LogP) is 4.44. The van der Waals surface area contributed by atoms with Crippen molar-refractivity contribution in [1.82, 2.24) is 9.97 Å². The zero-order valence-electron chi connectivity index (χ0n) is 15.3. The van der Waals surface area contributed by atoms with Crippen molar-refractivity contribution in [2.24, 2.45) is 0 Å². The van der Waals surface area contributed by atoms with E-state index in [4.69, 9.17) is 14.2 Å². The highest BCUT2D eigenvalue weighted by molar-refractivity contribution is 5.69. The molecule has 6 nitrogen and oxygen atoms in total.